The van der Waals surface area contributed by atoms with Crippen molar-refractivity contribution >= 4 is 26.5 Å². The second-order valence-electron chi connectivity index (χ2n) is 6.84. The summed E-state index contributed by atoms with van der Waals surface area (Å²) in [6.45, 7) is 2.38. The van der Waals surface area contributed by atoms with E-state index in [0.29, 0.717) is 18.0 Å². The fourth-order valence-corrected chi connectivity index (χ4v) is 3.97. The summed E-state index contributed by atoms with van der Waals surface area (Å²) in [5.74, 6) is 0. The van der Waals surface area contributed by atoms with Crippen LogP contribution in [0.15, 0.2) is 64.4 Å². The lowest BCUT2D eigenvalue weighted by Gasteiger charge is -2.40. The number of sulfonamides is 1. The predicted octanol–water partition coefficient (Wildman–Crippen LogP) is 1.47. The molecular formula is C19H20N4O3S. The molecule has 0 aliphatic carbocycles. The maximum Gasteiger partial charge on any atom is 0.255 e. The number of hydrogen-bond donors (Lipinski definition) is 3. The van der Waals surface area contributed by atoms with Crippen molar-refractivity contribution in [3.8, 4) is 0 Å². The molecule has 0 amide bonds. The number of nitrogens with one attached hydrogen (secondary N) is 2. The van der Waals surface area contributed by atoms with Crippen LogP contribution in [0.1, 0.15) is 5.56 Å². The molecule has 4 rings (SSSR count). The number of likely N-dealkylation sites (tertiary alicyclic amines) is 1. The van der Waals surface area contributed by atoms with Crippen molar-refractivity contribution in [2.24, 2.45) is 5.14 Å². The second-order valence-corrected chi connectivity index (χ2v) is 8.40. The number of rotatable bonds is 5. The third-order valence-electron chi connectivity index (χ3n) is 4.73. The summed E-state index contributed by atoms with van der Waals surface area (Å²) in [7, 11) is -3.68. The Hall–Kier alpha value is -2.68. The summed E-state index contributed by atoms with van der Waals surface area (Å²) in [6, 6.07) is 14.6. The van der Waals surface area contributed by atoms with Gasteiger partial charge in [-0.25, -0.2) is 13.6 Å². The first-order chi connectivity index (χ1) is 12.9. The molecule has 0 saturated carbocycles. The first kappa shape index (κ1) is 17.7. The van der Waals surface area contributed by atoms with Crippen LogP contribution in [0, 0.1) is 0 Å². The van der Waals surface area contributed by atoms with E-state index < -0.39 is 10.0 Å². The number of primary sulfonamides is 1. The Labute approximate surface area is 156 Å². The Morgan fingerprint density at radius 3 is 2.74 bits per heavy atom. The van der Waals surface area contributed by atoms with Crippen molar-refractivity contribution in [3.05, 3.63) is 70.6 Å². The highest BCUT2D eigenvalue weighted by atomic mass is 32.2. The molecule has 2 heterocycles. The summed E-state index contributed by atoms with van der Waals surface area (Å²) < 4.78 is 22.9. The van der Waals surface area contributed by atoms with Gasteiger partial charge < -0.3 is 10.3 Å². The second kappa shape index (κ2) is 6.80. The quantitative estimate of drug-likeness (QED) is 0.617. The van der Waals surface area contributed by atoms with Crippen LogP contribution >= 0.6 is 0 Å². The van der Waals surface area contributed by atoms with E-state index in [1.165, 1.54) is 6.07 Å². The van der Waals surface area contributed by atoms with Crippen LogP contribution in [-0.2, 0) is 16.6 Å². The topological polar surface area (TPSA) is 108 Å². The summed E-state index contributed by atoms with van der Waals surface area (Å²) in [6.07, 6.45) is 1.65. The summed E-state index contributed by atoms with van der Waals surface area (Å²) in [5, 5.41) is 10.2. The van der Waals surface area contributed by atoms with Gasteiger partial charge in [-0.2, -0.15) is 0 Å². The van der Waals surface area contributed by atoms with Crippen molar-refractivity contribution in [2.45, 2.75) is 17.5 Å². The first-order valence-electron chi connectivity index (χ1n) is 8.60. The lowest BCUT2D eigenvalue weighted by atomic mass is 10.1. The van der Waals surface area contributed by atoms with Crippen LogP contribution < -0.4 is 16.0 Å². The first-order valence-corrected chi connectivity index (χ1v) is 10.2. The number of benzene rings is 2. The van der Waals surface area contributed by atoms with Gasteiger partial charge in [-0.15, -0.1) is 0 Å². The number of nitrogens with zero attached hydrogens (tertiary/aromatic N) is 1. The van der Waals surface area contributed by atoms with Gasteiger partial charge in [0.25, 0.3) is 5.56 Å². The van der Waals surface area contributed by atoms with E-state index in [4.69, 9.17) is 5.14 Å². The number of nitrogens with two attached hydrogens (primary N) is 1. The Morgan fingerprint density at radius 2 is 1.96 bits per heavy atom. The Bertz CT molecular complexity index is 1150. The van der Waals surface area contributed by atoms with Gasteiger partial charge >= 0.3 is 0 Å². The van der Waals surface area contributed by atoms with Crippen molar-refractivity contribution in [1.82, 2.24) is 9.88 Å². The highest BCUT2D eigenvalue weighted by Gasteiger charge is 2.26. The van der Waals surface area contributed by atoms with Crippen molar-refractivity contribution in [3.63, 3.8) is 0 Å². The highest BCUT2D eigenvalue weighted by Crippen LogP contribution is 2.21. The minimum absolute atomic E-state index is 0.0874. The van der Waals surface area contributed by atoms with Crippen LogP contribution in [0.5, 0.6) is 0 Å². The zero-order chi connectivity index (χ0) is 19.0. The molecule has 0 radical (unpaired) electrons. The van der Waals surface area contributed by atoms with Crippen LogP contribution in [0.3, 0.4) is 0 Å². The van der Waals surface area contributed by atoms with Gasteiger partial charge in [-0.05, 0) is 47.3 Å². The molecule has 0 unspecified atom stereocenters. The molecule has 140 valence electrons. The molecule has 0 bridgehead atoms. The van der Waals surface area contributed by atoms with Gasteiger partial charge in [0.1, 0.15) is 0 Å². The third kappa shape index (κ3) is 3.87. The normalized spacial score (nSPS) is 15.6. The maximum atomic E-state index is 11.8. The monoisotopic (exact) mass is 384 g/mol. The SMILES string of the molecule is NS(=O)(=O)c1cccc(CN2CC(Nc3ccc4c(=O)[nH]ccc4c3)C2)c1. The Balaban J connectivity index is 1.37. The molecule has 3 aromatic rings. The van der Waals surface area contributed by atoms with E-state index in [9.17, 15) is 13.2 Å². The van der Waals surface area contributed by atoms with E-state index in [1.807, 2.05) is 30.3 Å². The zero-order valence-electron chi connectivity index (χ0n) is 14.6. The van der Waals surface area contributed by atoms with Crippen molar-refractivity contribution in [1.29, 1.82) is 0 Å². The largest absolute Gasteiger partial charge is 0.380 e. The van der Waals surface area contributed by atoms with Crippen LogP contribution in [0.2, 0.25) is 0 Å². The zero-order valence-corrected chi connectivity index (χ0v) is 15.4. The summed E-state index contributed by atoms with van der Waals surface area (Å²) >= 11 is 0. The maximum absolute atomic E-state index is 11.8. The Morgan fingerprint density at radius 1 is 1.15 bits per heavy atom. The molecule has 4 N–H and O–H groups in total. The Kier molecular flexibility index (Phi) is 4.47. The van der Waals surface area contributed by atoms with Crippen molar-refractivity contribution in [2.75, 3.05) is 18.4 Å². The van der Waals surface area contributed by atoms with Gasteiger partial charge in [0.2, 0.25) is 10.0 Å². The van der Waals surface area contributed by atoms with Crippen LogP contribution in [0.4, 0.5) is 5.69 Å². The molecule has 1 saturated heterocycles. The average Bonchev–Trinajstić information content (AvgIpc) is 2.59. The minimum atomic E-state index is -3.68. The molecule has 8 heteroatoms. The average molecular weight is 384 g/mol. The molecule has 1 aromatic heterocycles. The number of H-pyrrole nitrogens is 1. The smallest absolute Gasteiger partial charge is 0.255 e. The summed E-state index contributed by atoms with van der Waals surface area (Å²) in [4.78, 5) is 16.8. The van der Waals surface area contributed by atoms with E-state index >= 15 is 0 Å². The van der Waals surface area contributed by atoms with Gasteiger partial charge in [0, 0.05) is 36.9 Å². The molecule has 1 aliphatic rings. The van der Waals surface area contributed by atoms with E-state index in [2.05, 4.69) is 15.2 Å². The molecule has 0 spiro atoms. The molecule has 27 heavy (non-hydrogen) atoms. The van der Waals surface area contributed by atoms with Gasteiger partial charge in [-0.3, -0.25) is 9.69 Å². The lowest BCUT2D eigenvalue weighted by molar-refractivity contribution is 0.153. The summed E-state index contributed by atoms with van der Waals surface area (Å²) in [5.41, 5.74) is 1.81. The van der Waals surface area contributed by atoms with E-state index in [-0.39, 0.29) is 10.5 Å². The number of pyridine rings is 1. The third-order valence-corrected chi connectivity index (χ3v) is 5.65. The predicted molar refractivity (Wildman–Crippen MR) is 105 cm³/mol. The highest BCUT2D eigenvalue weighted by molar-refractivity contribution is 7.89. The number of aromatic amines is 1. The van der Waals surface area contributed by atoms with E-state index in [1.54, 1.807) is 18.3 Å². The fourth-order valence-electron chi connectivity index (χ4n) is 3.39. The lowest BCUT2D eigenvalue weighted by Crippen LogP contribution is -2.54. The van der Waals surface area contributed by atoms with Crippen molar-refractivity contribution < 1.29 is 8.42 Å². The van der Waals surface area contributed by atoms with Gasteiger partial charge in [0.05, 0.1) is 10.9 Å². The number of fused-ring (bicyclic) bond motifs is 1. The van der Waals surface area contributed by atoms with Crippen LogP contribution in [-0.4, -0.2) is 37.4 Å². The molecule has 7 nitrogen and oxygen atoms in total. The van der Waals surface area contributed by atoms with Gasteiger partial charge in [-0.1, -0.05) is 12.1 Å². The van der Waals surface area contributed by atoms with Crippen LogP contribution in [0.25, 0.3) is 10.8 Å². The van der Waals surface area contributed by atoms with Gasteiger partial charge in [0.15, 0.2) is 0 Å². The molecular weight excluding hydrogens is 364 g/mol. The molecule has 1 aliphatic heterocycles. The number of hydrogen-bond acceptors (Lipinski definition) is 5. The molecule has 2 aromatic carbocycles. The molecule has 0 atom stereocenters. The fraction of sp³-hybridized carbons (Fsp3) is 0.211. The minimum Gasteiger partial charge on any atom is -0.380 e. The number of anilines is 1. The standard InChI is InChI=1S/C19H20N4O3S/c20-27(25,26)17-3-1-2-13(8-17)10-23-11-16(12-23)22-15-4-5-18-14(9-15)6-7-21-19(18)24/h1-9,16,22H,10-12H2,(H,21,24)(H2,20,25,26). The number of aromatic nitrogens is 1. The molecule has 1 fully saturated rings. The van der Waals surface area contributed by atoms with E-state index in [0.717, 1.165) is 29.7 Å².